The van der Waals surface area contributed by atoms with Gasteiger partial charge in [0.2, 0.25) is 11.8 Å². The maximum atomic E-state index is 15.1. The zero-order chi connectivity index (χ0) is 23.3. The first kappa shape index (κ1) is 22.2. The van der Waals surface area contributed by atoms with E-state index in [1.807, 2.05) is 6.92 Å². The molecule has 2 aliphatic rings. The van der Waals surface area contributed by atoms with Gasteiger partial charge in [0.05, 0.1) is 33.5 Å². The number of ketones is 1. The Kier molecular flexibility index (Phi) is 5.23. The summed E-state index contributed by atoms with van der Waals surface area (Å²) in [4.78, 5) is 25.5. The van der Waals surface area contributed by atoms with Crippen LogP contribution in [0.1, 0.15) is 48.3 Å². The molecule has 1 aliphatic carbocycles. The van der Waals surface area contributed by atoms with Crippen molar-refractivity contribution in [3.63, 3.8) is 0 Å². The van der Waals surface area contributed by atoms with Crippen molar-refractivity contribution < 1.29 is 18.1 Å². The number of nitrogens with two attached hydrogens (primary N) is 1. The van der Waals surface area contributed by atoms with Gasteiger partial charge in [-0.05, 0) is 50.3 Å². The zero-order valence-corrected chi connectivity index (χ0v) is 19.1. The Bertz CT molecular complexity index is 1210. The number of hydrogen-bond donors (Lipinski definition) is 1. The average Bonchev–Trinajstić information content (AvgIpc) is 3.57. The molecule has 2 N–H and O–H groups in total. The van der Waals surface area contributed by atoms with Crippen molar-refractivity contribution in [2.24, 2.45) is 10.7 Å². The van der Waals surface area contributed by atoms with Gasteiger partial charge in [-0.1, -0.05) is 6.07 Å². The summed E-state index contributed by atoms with van der Waals surface area (Å²) < 4.78 is 34.4. The molecule has 1 saturated carbocycles. The molecular weight excluding hydrogens is 433 g/mol. The lowest BCUT2D eigenvalue weighted by atomic mass is 9.85. The van der Waals surface area contributed by atoms with Gasteiger partial charge in [0.1, 0.15) is 17.1 Å². The molecule has 0 radical (unpaired) electrons. The number of ether oxygens (including phenoxy) is 1. The van der Waals surface area contributed by atoms with Crippen LogP contribution in [0.4, 0.5) is 4.39 Å². The van der Waals surface area contributed by atoms with Gasteiger partial charge < -0.3 is 10.5 Å². The highest BCUT2D eigenvalue weighted by molar-refractivity contribution is 8.00. The van der Waals surface area contributed by atoms with Crippen molar-refractivity contribution in [2.75, 3.05) is 13.7 Å². The molecule has 0 amide bonds. The number of halogens is 1. The lowest BCUT2D eigenvalue weighted by Crippen LogP contribution is -2.58. The number of hydrogen-bond acceptors (Lipinski definition) is 7. The lowest BCUT2D eigenvalue weighted by molar-refractivity contribution is 0.0987. The van der Waals surface area contributed by atoms with Crippen molar-refractivity contribution in [1.82, 2.24) is 14.3 Å². The fourth-order valence-corrected chi connectivity index (χ4v) is 6.75. The number of aromatic nitrogens is 2. The molecule has 1 aliphatic heterocycles. The van der Waals surface area contributed by atoms with Crippen LogP contribution in [0.2, 0.25) is 0 Å². The van der Waals surface area contributed by atoms with E-state index in [0.29, 0.717) is 30.9 Å². The molecule has 2 atom stereocenters. The van der Waals surface area contributed by atoms with Crippen molar-refractivity contribution in [3.8, 4) is 5.88 Å². The number of Topliss-reactive ketones (excluding diaryl/α,β-unsaturated/α-hetero) is 1. The summed E-state index contributed by atoms with van der Waals surface area (Å²) in [6.07, 6.45) is 3.94. The van der Waals surface area contributed by atoms with Crippen LogP contribution < -0.4 is 10.5 Å². The topological polar surface area (TPSA) is 111 Å². The van der Waals surface area contributed by atoms with Gasteiger partial charge in [0.15, 0.2) is 5.78 Å². The summed E-state index contributed by atoms with van der Waals surface area (Å²) in [7, 11) is -1.23. The summed E-state index contributed by atoms with van der Waals surface area (Å²) in [5.41, 5.74) is 5.91. The summed E-state index contributed by atoms with van der Waals surface area (Å²) in [6, 6.07) is 4.45. The third-order valence-electron chi connectivity index (χ3n) is 6.43. The fourth-order valence-electron chi connectivity index (χ4n) is 4.36. The van der Waals surface area contributed by atoms with E-state index in [0.717, 1.165) is 0 Å². The second kappa shape index (κ2) is 7.54. The van der Waals surface area contributed by atoms with Crippen molar-refractivity contribution >= 4 is 27.3 Å². The molecular formula is C22H26FN5O3S. The molecule has 10 heteroatoms. The SMILES string of the molecule is C=S1(=O)N(C)C(N)=N[C@](C)(c2cc(CC(=O)c3cnc(OCC)cn3)ccc2F)C12CC2. The highest BCUT2D eigenvalue weighted by Crippen LogP contribution is 2.60. The van der Waals surface area contributed by atoms with E-state index < -0.39 is 25.8 Å². The number of nitrogens with zero attached hydrogens (tertiary/aromatic N) is 4. The quantitative estimate of drug-likeness (QED) is 0.523. The van der Waals surface area contributed by atoms with Crippen LogP contribution in [-0.2, 0) is 21.7 Å². The summed E-state index contributed by atoms with van der Waals surface area (Å²) >= 11 is 0. The van der Waals surface area contributed by atoms with Crippen molar-refractivity contribution in [1.29, 1.82) is 0 Å². The highest BCUT2D eigenvalue weighted by atomic mass is 32.2. The number of carbonyl (C=O) groups is 1. The zero-order valence-electron chi connectivity index (χ0n) is 18.3. The smallest absolute Gasteiger partial charge is 0.232 e. The van der Waals surface area contributed by atoms with Crippen LogP contribution in [0.5, 0.6) is 5.88 Å². The standard InChI is InChI=1S/C22H26FN5O3S/c1-5-31-19-13-25-17(12-26-19)18(29)11-14-6-7-16(23)15(10-14)21(2)22(8-9-22)32(4,30)28(3)20(24)27-21/h6-7,10,12-13H,4-5,8-9,11H2,1-3H3,(H2,24,27)/t21-,32?/m1/s1. The molecule has 1 unspecified atom stereocenters. The Morgan fingerprint density at radius 1 is 1.34 bits per heavy atom. The van der Waals surface area contributed by atoms with Gasteiger partial charge in [-0.2, -0.15) is 0 Å². The van der Waals surface area contributed by atoms with Crippen LogP contribution in [0.3, 0.4) is 0 Å². The molecule has 0 saturated heterocycles. The largest absolute Gasteiger partial charge is 0.477 e. The van der Waals surface area contributed by atoms with Crippen molar-refractivity contribution in [3.05, 3.63) is 53.2 Å². The maximum Gasteiger partial charge on any atom is 0.232 e. The molecule has 2 heterocycles. The van der Waals surface area contributed by atoms with Crippen LogP contribution >= 0.6 is 0 Å². The Morgan fingerprint density at radius 3 is 2.66 bits per heavy atom. The van der Waals surface area contributed by atoms with E-state index in [-0.39, 0.29) is 29.4 Å². The molecule has 2 aromatic rings. The summed E-state index contributed by atoms with van der Waals surface area (Å²) in [6.45, 7) is 4.02. The number of carbonyl (C=O) groups excluding carboxylic acids is 1. The minimum Gasteiger partial charge on any atom is -0.477 e. The normalized spacial score (nSPS) is 26.0. The minimum absolute atomic E-state index is 0.00211. The van der Waals surface area contributed by atoms with E-state index in [1.54, 1.807) is 26.1 Å². The molecule has 32 heavy (non-hydrogen) atoms. The van der Waals surface area contributed by atoms with Crippen LogP contribution in [0.15, 0.2) is 35.6 Å². The van der Waals surface area contributed by atoms with Crippen LogP contribution in [-0.4, -0.2) is 54.5 Å². The van der Waals surface area contributed by atoms with Gasteiger partial charge in [-0.15, -0.1) is 0 Å². The molecule has 0 bridgehead atoms. The predicted octanol–water partition coefficient (Wildman–Crippen LogP) is 2.08. The molecule has 8 nitrogen and oxygen atoms in total. The predicted molar refractivity (Wildman–Crippen MR) is 122 cm³/mol. The Balaban J connectivity index is 1.68. The number of benzene rings is 1. The fraction of sp³-hybridized carbons (Fsp3) is 0.409. The third kappa shape index (κ3) is 3.24. The average molecular weight is 460 g/mol. The first-order chi connectivity index (χ1) is 15.1. The monoisotopic (exact) mass is 459 g/mol. The van der Waals surface area contributed by atoms with E-state index in [4.69, 9.17) is 10.5 Å². The number of guanidine groups is 1. The van der Waals surface area contributed by atoms with Crippen molar-refractivity contribution in [2.45, 2.75) is 43.4 Å². The van der Waals surface area contributed by atoms with Gasteiger partial charge in [0, 0.05) is 19.0 Å². The summed E-state index contributed by atoms with van der Waals surface area (Å²) in [5.74, 6) is 3.58. The Hall–Kier alpha value is -3.01. The second-order valence-corrected chi connectivity index (χ2v) is 10.9. The molecule has 4 rings (SSSR count). The molecule has 1 fully saturated rings. The maximum absolute atomic E-state index is 15.1. The minimum atomic E-state index is -2.82. The first-order valence-corrected chi connectivity index (χ1v) is 12.0. The van der Waals surface area contributed by atoms with E-state index in [2.05, 4.69) is 20.8 Å². The Morgan fingerprint density at radius 2 is 2.06 bits per heavy atom. The number of rotatable bonds is 6. The van der Waals surface area contributed by atoms with E-state index in [9.17, 15) is 9.00 Å². The summed E-state index contributed by atoms with van der Waals surface area (Å²) in [5, 5.41) is 0. The second-order valence-electron chi connectivity index (χ2n) is 8.26. The molecule has 170 valence electrons. The number of aliphatic imine (C=N–C) groups is 1. The lowest BCUT2D eigenvalue weighted by Gasteiger charge is -2.45. The molecule has 1 aromatic carbocycles. The van der Waals surface area contributed by atoms with Gasteiger partial charge in [0.25, 0.3) is 0 Å². The van der Waals surface area contributed by atoms with Gasteiger partial charge in [-0.3, -0.25) is 9.10 Å². The van der Waals surface area contributed by atoms with E-state index in [1.165, 1.54) is 22.8 Å². The van der Waals surface area contributed by atoms with Crippen LogP contribution in [0.25, 0.3) is 0 Å². The van der Waals surface area contributed by atoms with Crippen LogP contribution in [0, 0.1) is 5.82 Å². The molecule has 1 spiro atoms. The van der Waals surface area contributed by atoms with Gasteiger partial charge in [-0.25, -0.2) is 23.6 Å². The van der Waals surface area contributed by atoms with Gasteiger partial charge >= 0.3 is 0 Å². The first-order valence-electron chi connectivity index (χ1n) is 10.3. The Labute approximate surface area is 186 Å². The van der Waals surface area contributed by atoms with E-state index >= 15 is 4.39 Å². The third-order valence-corrected chi connectivity index (χ3v) is 9.53. The molecule has 1 aromatic heterocycles. The highest BCUT2D eigenvalue weighted by Gasteiger charge is 2.67.